The zero-order chi connectivity index (χ0) is 15.6. The molecule has 0 bridgehead atoms. The van der Waals surface area contributed by atoms with Crippen molar-refractivity contribution >= 4 is 15.9 Å². The standard InChI is InChI=1S/C19H24BrN/c1-12-9-13(2)19(14(3)10-12)16(5)21-15(4)17-7-6-8-18(20)11-17/h6-11,15-16,21H,1-5H3. The summed E-state index contributed by atoms with van der Waals surface area (Å²) in [6.45, 7) is 11.0. The van der Waals surface area contributed by atoms with Crippen molar-refractivity contribution in [1.82, 2.24) is 5.32 Å². The van der Waals surface area contributed by atoms with Gasteiger partial charge in [0.1, 0.15) is 0 Å². The molecule has 2 heteroatoms. The lowest BCUT2D eigenvalue weighted by molar-refractivity contribution is 0.491. The molecule has 0 aromatic heterocycles. The van der Waals surface area contributed by atoms with Crippen molar-refractivity contribution in [1.29, 1.82) is 0 Å². The maximum Gasteiger partial charge on any atom is 0.0302 e. The summed E-state index contributed by atoms with van der Waals surface area (Å²) in [6.07, 6.45) is 0. The molecule has 2 aromatic rings. The van der Waals surface area contributed by atoms with Crippen molar-refractivity contribution in [3.8, 4) is 0 Å². The molecular weight excluding hydrogens is 322 g/mol. The van der Waals surface area contributed by atoms with Crippen molar-refractivity contribution in [2.75, 3.05) is 0 Å². The highest BCUT2D eigenvalue weighted by Gasteiger charge is 2.15. The van der Waals surface area contributed by atoms with Gasteiger partial charge in [-0.1, -0.05) is 45.8 Å². The second-order valence-corrected chi connectivity index (χ2v) is 6.89. The lowest BCUT2D eigenvalue weighted by Crippen LogP contribution is -2.23. The van der Waals surface area contributed by atoms with Crippen LogP contribution in [0.2, 0.25) is 0 Å². The molecule has 0 heterocycles. The summed E-state index contributed by atoms with van der Waals surface area (Å²) in [4.78, 5) is 0. The van der Waals surface area contributed by atoms with E-state index in [2.05, 4.69) is 92.3 Å². The molecule has 2 aromatic carbocycles. The van der Waals surface area contributed by atoms with Crippen LogP contribution in [0.15, 0.2) is 40.9 Å². The second kappa shape index (κ2) is 6.76. The molecule has 0 saturated heterocycles. The molecule has 0 fully saturated rings. The molecule has 21 heavy (non-hydrogen) atoms. The van der Waals surface area contributed by atoms with Crippen molar-refractivity contribution in [2.24, 2.45) is 0 Å². The fourth-order valence-corrected chi connectivity index (χ4v) is 3.62. The Kier molecular flexibility index (Phi) is 5.23. The molecule has 1 nitrogen and oxygen atoms in total. The van der Waals surface area contributed by atoms with Gasteiger partial charge in [0.05, 0.1) is 0 Å². The molecule has 1 N–H and O–H groups in total. The van der Waals surface area contributed by atoms with Gasteiger partial charge in [-0.25, -0.2) is 0 Å². The van der Waals surface area contributed by atoms with E-state index in [1.807, 2.05) is 0 Å². The average Bonchev–Trinajstić information content (AvgIpc) is 2.37. The van der Waals surface area contributed by atoms with E-state index >= 15 is 0 Å². The highest BCUT2D eigenvalue weighted by molar-refractivity contribution is 9.10. The smallest absolute Gasteiger partial charge is 0.0302 e. The number of hydrogen-bond donors (Lipinski definition) is 1. The third kappa shape index (κ3) is 3.96. The highest BCUT2D eigenvalue weighted by atomic mass is 79.9. The highest BCUT2D eigenvalue weighted by Crippen LogP contribution is 2.26. The quantitative estimate of drug-likeness (QED) is 0.739. The van der Waals surface area contributed by atoms with Crippen molar-refractivity contribution in [3.05, 3.63) is 68.7 Å². The Bertz CT molecular complexity index is 610. The van der Waals surface area contributed by atoms with E-state index in [1.54, 1.807) is 0 Å². The Balaban J connectivity index is 2.20. The fraction of sp³-hybridized carbons (Fsp3) is 0.368. The number of halogens is 1. The summed E-state index contributed by atoms with van der Waals surface area (Å²) in [6, 6.07) is 13.7. The Morgan fingerprint density at radius 2 is 1.52 bits per heavy atom. The third-order valence-electron chi connectivity index (χ3n) is 4.02. The Hall–Kier alpha value is -1.12. The van der Waals surface area contributed by atoms with E-state index in [0.29, 0.717) is 12.1 Å². The largest absolute Gasteiger partial charge is 0.304 e. The molecule has 0 radical (unpaired) electrons. The van der Waals surface area contributed by atoms with Gasteiger partial charge in [-0.15, -0.1) is 0 Å². The first kappa shape index (κ1) is 16.3. The predicted molar refractivity (Wildman–Crippen MR) is 94.8 cm³/mol. The Labute approximate surface area is 136 Å². The molecule has 0 spiro atoms. The van der Waals surface area contributed by atoms with E-state index < -0.39 is 0 Å². The second-order valence-electron chi connectivity index (χ2n) is 5.98. The summed E-state index contributed by atoms with van der Waals surface area (Å²) in [5, 5.41) is 3.72. The van der Waals surface area contributed by atoms with Crippen LogP contribution in [0.1, 0.15) is 53.7 Å². The van der Waals surface area contributed by atoms with Crippen LogP contribution in [0, 0.1) is 20.8 Å². The number of nitrogens with one attached hydrogen (secondary N) is 1. The molecule has 112 valence electrons. The lowest BCUT2D eigenvalue weighted by atomic mass is 9.94. The molecule has 2 rings (SSSR count). The summed E-state index contributed by atoms with van der Waals surface area (Å²) >= 11 is 3.54. The molecule has 0 aliphatic rings. The van der Waals surface area contributed by atoms with Crippen LogP contribution < -0.4 is 5.32 Å². The molecule has 2 atom stereocenters. The van der Waals surface area contributed by atoms with Crippen molar-refractivity contribution in [2.45, 2.75) is 46.7 Å². The molecule has 2 unspecified atom stereocenters. The van der Waals surface area contributed by atoms with E-state index in [4.69, 9.17) is 0 Å². The SMILES string of the molecule is Cc1cc(C)c(C(C)NC(C)c2cccc(Br)c2)c(C)c1. The minimum Gasteiger partial charge on any atom is -0.304 e. The minimum atomic E-state index is 0.317. The van der Waals surface area contributed by atoms with Crippen LogP contribution in [-0.4, -0.2) is 0 Å². The van der Waals surface area contributed by atoms with Crippen LogP contribution in [0.3, 0.4) is 0 Å². The maximum atomic E-state index is 3.72. The maximum absolute atomic E-state index is 3.72. The Morgan fingerprint density at radius 3 is 2.10 bits per heavy atom. The Morgan fingerprint density at radius 1 is 0.905 bits per heavy atom. The lowest BCUT2D eigenvalue weighted by Gasteiger charge is -2.24. The third-order valence-corrected chi connectivity index (χ3v) is 4.51. The van der Waals surface area contributed by atoms with Gasteiger partial charge in [0.2, 0.25) is 0 Å². The topological polar surface area (TPSA) is 12.0 Å². The van der Waals surface area contributed by atoms with Crippen LogP contribution in [0.25, 0.3) is 0 Å². The molecule has 0 amide bonds. The van der Waals surface area contributed by atoms with Gasteiger partial charge in [-0.3, -0.25) is 0 Å². The van der Waals surface area contributed by atoms with E-state index in [0.717, 1.165) is 4.47 Å². The van der Waals surface area contributed by atoms with Gasteiger partial charge in [-0.2, -0.15) is 0 Å². The summed E-state index contributed by atoms with van der Waals surface area (Å²) in [5.74, 6) is 0. The van der Waals surface area contributed by atoms with Crippen LogP contribution in [-0.2, 0) is 0 Å². The van der Waals surface area contributed by atoms with Gasteiger partial charge < -0.3 is 5.32 Å². The molecule has 0 aliphatic carbocycles. The summed E-state index contributed by atoms with van der Waals surface area (Å²) in [7, 11) is 0. The predicted octanol–water partition coefficient (Wildman–Crippen LogP) is 5.79. The zero-order valence-corrected chi connectivity index (χ0v) is 15.1. The first-order valence-corrected chi connectivity index (χ1v) is 8.27. The van der Waals surface area contributed by atoms with Crippen molar-refractivity contribution < 1.29 is 0 Å². The van der Waals surface area contributed by atoms with Crippen LogP contribution >= 0.6 is 15.9 Å². The van der Waals surface area contributed by atoms with Gasteiger partial charge in [0, 0.05) is 16.6 Å². The summed E-state index contributed by atoms with van der Waals surface area (Å²) < 4.78 is 1.13. The normalized spacial score (nSPS) is 14.0. The number of benzene rings is 2. The first-order chi connectivity index (χ1) is 9.88. The first-order valence-electron chi connectivity index (χ1n) is 7.47. The zero-order valence-electron chi connectivity index (χ0n) is 13.5. The van der Waals surface area contributed by atoms with Crippen molar-refractivity contribution in [3.63, 3.8) is 0 Å². The molecular formula is C19H24BrN. The number of rotatable bonds is 4. The van der Waals surface area contributed by atoms with Gasteiger partial charge in [-0.05, 0) is 69.0 Å². The monoisotopic (exact) mass is 345 g/mol. The van der Waals surface area contributed by atoms with Crippen LogP contribution in [0.4, 0.5) is 0 Å². The average molecular weight is 346 g/mol. The summed E-state index contributed by atoms with van der Waals surface area (Å²) in [5.41, 5.74) is 6.80. The van der Waals surface area contributed by atoms with Gasteiger partial charge >= 0.3 is 0 Å². The molecule has 0 aliphatic heterocycles. The number of aryl methyl sites for hydroxylation is 3. The van der Waals surface area contributed by atoms with Crippen LogP contribution in [0.5, 0.6) is 0 Å². The van der Waals surface area contributed by atoms with E-state index in [9.17, 15) is 0 Å². The number of hydrogen-bond acceptors (Lipinski definition) is 1. The molecule has 0 saturated carbocycles. The van der Waals surface area contributed by atoms with Gasteiger partial charge in [0.25, 0.3) is 0 Å². The van der Waals surface area contributed by atoms with E-state index in [1.165, 1.54) is 27.8 Å². The fourth-order valence-electron chi connectivity index (χ4n) is 3.20. The van der Waals surface area contributed by atoms with Gasteiger partial charge in [0.15, 0.2) is 0 Å². The minimum absolute atomic E-state index is 0.317. The van der Waals surface area contributed by atoms with E-state index in [-0.39, 0.29) is 0 Å².